The third-order valence-electron chi connectivity index (χ3n) is 4.64. The zero-order valence-electron chi connectivity index (χ0n) is 14.7. The minimum absolute atomic E-state index is 0.0288. The van der Waals surface area contributed by atoms with Crippen LogP contribution in [0.5, 0.6) is 5.75 Å². The Bertz CT molecular complexity index is 1040. The second kappa shape index (κ2) is 7.79. The first kappa shape index (κ1) is 20.1. The van der Waals surface area contributed by atoms with E-state index in [1.54, 1.807) is 42.5 Å². The average Bonchev–Trinajstić information content (AvgIpc) is 2.80. The number of sulfone groups is 1. The van der Waals surface area contributed by atoms with Crippen LogP contribution in [0.1, 0.15) is 17.2 Å². The molecule has 27 heavy (non-hydrogen) atoms. The molecule has 146 valence electrons. The summed E-state index contributed by atoms with van der Waals surface area (Å²) in [4.78, 5) is 0.0288. The predicted molar refractivity (Wildman–Crippen MR) is 104 cm³/mol. The maximum absolute atomic E-state index is 13.1. The van der Waals surface area contributed by atoms with Gasteiger partial charge in [-0.25, -0.2) is 16.8 Å². The van der Waals surface area contributed by atoms with Gasteiger partial charge in [0.25, 0.3) is 0 Å². The topological polar surface area (TPSA) is 80.8 Å². The molecule has 1 unspecified atom stereocenters. The fraction of sp³-hybridized carbons (Fsp3) is 0.333. The van der Waals surface area contributed by atoms with Gasteiger partial charge in [0, 0.05) is 18.1 Å². The second-order valence-electron chi connectivity index (χ2n) is 6.22. The van der Waals surface area contributed by atoms with E-state index < -0.39 is 25.1 Å². The molecule has 0 saturated carbocycles. The van der Waals surface area contributed by atoms with Crippen molar-refractivity contribution in [2.45, 2.75) is 16.6 Å². The highest BCUT2D eigenvalue weighted by Gasteiger charge is 2.37. The molecule has 2 aromatic rings. The fourth-order valence-corrected chi connectivity index (χ4v) is 7.10. The van der Waals surface area contributed by atoms with E-state index in [-0.39, 0.29) is 35.9 Å². The van der Waals surface area contributed by atoms with Crippen LogP contribution in [-0.2, 0) is 19.9 Å². The van der Waals surface area contributed by atoms with Gasteiger partial charge in [0.05, 0.1) is 18.1 Å². The molecule has 1 fully saturated rings. The van der Waals surface area contributed by atoms with Gasteiger partial charge in [-0.05, 0) is 30.2 Å². The Hall–Kier alpha value is -1.61. The Morgan fingerprint density at radius 3 is 2.44 bits per heavy atom. The molecular weight excluding hydrogens is 410 g/mol. The zero-order valence-corrected chi connectivity index (χ0v) is 17.1. The largest absolute Gasteiger partial charge is 0.495 e. The van der Waals surface area contributed by atoms with Crippen molar-refractivity contribution in [1.29, 1.82) is 0 Å². The fourth-order valence-electron chi connectivity index (χ4n) is 3.22. The number of benzene rings is 2. The van der Waals surface area contributed by atoms with Crippen LogP contribution in [0.25, 0.3) is 0 Å². The molecule has 6 nitrogen and oxygen atoms in total. The maximum Gasteiger partial charge on any atom is 0.246 e. The molecular formula is C18H20ClNO5S2. The van der Waals surface area contributed by atoms with Gasteiger partial charge in [-0.1, -0.05) is 41.9 Å². The maximum atomic E-state index is 13.1. The lowest BCUT2D eigenvalue weighted by Gasteiger charge is -2.21. The van der Waals surface area contributed by atoms with Gasteiger partial charge in [0.1, 0.15) is 10.6 Å². The van der Waals surface area contributed by atoms with Gasteiger partial charge in [0.2, 0.25) is 10.0 Å². The lowest BCUT2D eigenvalue weighted by molar-refractivity contribution is 0.393. The summed E-state index contributed by atoms with van der Waals surface area (Å²) in [6.45, 7) is -0.0286. The second-order valence-corrected chi connectivity index (χ2v) is 10.8. The molecule has 1 aliphatic rings. The number of ether oxygens (including phenoxy) is 1. The van der Waals surface area contributed by atoms with E-state index in [0.717, 1.165) is 0 Å². The quantitative estimate of drug-likeness (QED) is 0.746. The number of nitrogens with zero attached hydrogens (tertiary/aromatic N) is 1. The van der Waals surface area contributed by atoms with Crippen molar-refractivity contribution in [2.24, 2.45) is 0 Å². The van der Waals surface area contributed by atoms with Gasteiger partial charge >= 0.3 is 0 Å². The van der Waals surface area contributed by atoms with Gasteiger partial charge in [-0.3, -0.25) is 0 Å². The molecule has 1 aliphatic heterocycles. The first-order chi connectivity index (χ1) is 12.8. The van der Waals surface area contributed by atoms with Crippen LogP contribution in [-0.4, -0.2) is 47.1 Å². The SMILES string of the molecule is COc1ccccc1S(=O)(=O)N1CCC(c2ccccc2Cl)S(=O)(=O)CC1. The third-order valence-corrected chi connectivity index (χ3v) is 9.03. The molecule has 0 aromatic heterocycles. The minimum Gasteiger partial charge on any atom is -0.495 e. The minimum atomic E-state index is -3.88. The highest BCUT2D eigenvalue weighted by molar-refractivity contribution is 7.92. The number of methoxy groups -OCH3 is 1. The summed E-state index contributed by atoms with van der Waals surface area (Å²) in [6.07, 6.45) is 0.139. The van der Waals surface area contributed by atoms with E-state index in [2.05, 4.69) is 0 Å². The molecule has 0 N–H and O–H groups in total. The first-order valence-electron chi connectivity index (χ1n) is 8.36. The van der Waals surface area contributed by atoms with Crippen molar-refractivity contribution in [3.05, 3.63) is 59.1 Å². The summed E-state index contributed by atoms with van der Waals surface area (Å²) in [5.41, 5.74) is 0.510. The summed E-state index contributed by atoms with van der Waals surface area (Å²) < 4.78 is 58.1. The van der Waals surface area contributed by atoms with Crippen LogP contribution >= 0.6 is 11.6 Å². The van der Waals surface area contributed by atoms with Crippen LogP contribution in [0, 0.1) is 0 Å². The summed E-state index contributed by atoms with van der Waals surface area (Å²) in [5.74, 6) is -0.0377. The van der Waals surface area contributed by atoms with E-state index in [0.29, 0.717) is 10.6 Å². The van der Waals surface area contributed by atoms with Crippen LogP contribution in [0.3, 0.4) is 0 Å². The number of hydrogen-bond acceptors (Lipinski definition) is 5. The van der Waals surface area contributed by atoms with Crippen LogP contribution in [0.4, 0.5) is 0 Å². The van der Waals surface area contributed by atoms with E-state index in [4.69, 9.17) is 16.3 Å². The first-order valence-corrected chi connectivity index (χ1v) is 11.9. The number of halogens is 1. The molecule has 1 heterocycles. The molecule has 0 aliphatic carbocycles. The third kappa shape index (κ3) is 3.99. The Balaban J connectivity index is 1.95. The van der Waals surface area contributed by atoms with E-state index in [9.17, 15) is 16.8 Å². The summed E-state index contributed by atoms with van der Waals surface area (Å²) >= 11 is 6.19. The molecule has 2 aromatic carbocycles. The Morgan fingerprint density at radius 2 is 1.74 bits per heavy atom. The monoisotopic (exact) mass is 429 g/mol. The molecule has 1 atom stereocenters. The van der Waals surface area contributed by atoms with E-state index in [1.165, 1.54) is 17.5 Å². The normalized spacial score (nSPS) is 20.7. The smallest absolute Gasteiger partial charge is 0.246 e. The summed E-state index contributed by atoms with van der Waals surface area (Å²) in [6, 6.07) is 13.1. The molecule has 3 rings (SSSR count). The Labute approximate surface area is 164 Å². The summed E-state index contributed by atoms with van der Waals surface area (Å²) in [5, 5.41) is -0.462. The van der Waals surface area contributed by atoms with Crippen LogP contribution in [0.15, 0.2) is 53.4 Å². The Kier molecular flexibility index (Phi) is 5.81. The average molecular weight is 430 g/mol. The highest BCUT2D eigenvalue weighted by atomic mass is 35.5. The zero-order chi connectivity index (χ0) is 19.7. The molecule has 9 heteroatoms. The number of rotatable bonds is 4. The van der Waals surface area contributed by atoms with Gasteiger partial charge in [0.15, 0.2) is 9.84 Å². The highest BCUT2D eigenvalue weighted by Crippen LogP contribution is 2.35. The van der Waals surface area contributed by atoms with E-state index in [1.807, 2.05) is 0 Å². The molecule has 0 bridgehead atoms. The predicted octanol–water partition coefficient (Wildman–Crippen LogP) is 2.90. The lowest BCUT2D eigenvalue weighted by atomic mass is 10.1. The molecule has 1 saturated heterocycles. The number of hydrogen-bond donors (Lipinski definition) is 0. The molecule has 0 spiro atoms. The van der Waals surface area contributed by atoms with Crippen molar-refractivity contribution in [1.82, 2.24) is 4.31 Å². The van der Waals surface area contributed by atoms with Crippen molar-refractivity contribution in [3.8, 4) is 5.75 Å². The van der Waals surface area contributed by atoms with E-state index >= 15 is 0 Å². The summed E-state index contributed by atoms with van der Waals surface area (Å²) in [7, 11) is -6.03. The van der Waals surface area contributed by atoms with Crippen molar-refractivity contribution < 1.29 is 21.6 Å². The molecule has 0 amide bonds. The van der Waals surface area contributed by atoms with Crippen LogP contribution < -0.4 is 4.74 Å². The van der Waals surface area contributed by atoms with Crippen molar-refractivity contribution in [3.63, 3.8) is 0 Å². The van der Waals surface area contributed by atoms with Gasteiger partial charge in [-0.15, -0.1) is 0 Å². The number of para-hydroxylation sites is 1. The Morgan fingerprint density at radius 1 is 1.07 bits per heavy atom. The standard InChI is InChI=1S/C18H20ClNO5S2/c1-25-16-8-4-5-9-18(16)27(23,24)20-11-10-17(26(21,22)13-12-20)14-6-2-3-7-15(14)19/h2-9,17H,10-13H2,1H3. The van der Waals surface area contributed by atoms with Crippen LogP contribution in [0.2, 0.25) is 5.02 Å². The van der Waals surface area contributed by atoms with Crippen molar-refractivity contribution >= 4 is 31.5 Å². The van der Waals surface area contributed by atoms with Gasteiger partial charge in [-0.2, -0.15) is 4.31 Å². The molecule has 0 radical (unpaired) electrons. The number of sulfonamides is 1. The van der Waals surface area contributed by atoms with Crippen molar-refractivity contribution in [2.75, 3.05) is 26.0 Å². The lowest BCUT2D eigenvalue weighted by Crippen LogP contribution is -2.33. The van der Waals surface area contributed by atoms with Gasteiger partial charge < -0.3 is 4.74 Å².